The van der Waals surface area contributed by atoms with E-state index in [9.17, 15) is 9.59 Å². The molecular weight excluding hydrogens is 376 g/mol. The monoisotopic (exact) mass is 420 g/mol. The number of unbranched alkanes of at least 4 members (excludes halogenated alkanes) is 10. The molecule has 172 valence electrons. The summed E-state index contributed by atoms with van der Waals surface area (Å²) in [5.41, 5.74) is 1.50. The van der Waals surface area contributed by atoms with Gasteiger partial charge in [0.05, 0.1) is 6.61 Å². The van der Waals surface area contributed by atoms with Crippen LogP contribution in [0.5, 0.6) is 0 Å². The van der Waals surface area contributed by atoms with Gasteiger partial charge in [0.25, 0.3) is 0 Å². The second kappa shape index (κ2) is 21.9. The van der Waals surface area contributed by atoms with Crippen LogP contribution in [0.25, 0.3) is 0 Å². The minimum absolute atomic E-state index is 0.124. The van der Waals surface area contributed by atoms with Gasteiger partial charge >= 0.3 is 11.9 Å². The van der Waals surface area contributed by atoms with E-state index in [1.165, 1.54) is 76.2 Å². The van der Waals surface area contributed by atoms with Crippen molar-refractivity contribution in [1.82, 2.24) is 0 Å². The first-order valence-electron chi connectivity index (χ1n) is 12.0. The first-order chi connectivity index (χ1) is 14.6. The molecule has 0 radical (unpaired) electrons. The van der Waals surface area contributed by atoms with E-state index in [1.54, 1.807) is 6.92 Å². The summed E-state index contributed by atoms with van der Waals surface area (Å²) in [6, 6.07) is 10.9. The summed E-state index contributed by atoms with van der Waals surface area (Å²) in [4.78, 5) is 20.8. The van der Waals surface area contributed by atoms with Crippen LogP contribution >= 0.6 is 0 Å². The van der Waals surface area contributed by atoms with Gasteiger partial charge in [-0.1, -0.05) is 95.0 Å². The third-order valence-electron chi connectivity index (χ3n) is 4.99. The van der Waals surface area contributed by atoms with E-state index in [0.29, 0.717) is 25.9 Å². The fourth-order valence-electron chi connectivity index (χ4n) is 3.24. The summed E-state index contributed by atoms with van der Waals surface area (Å²) in [6.07, 6.45) is 17.1. The summed E-state index contributed by atoms with van der Waals surface area (Å²) < 4.78 is 4.66. The quantitative estimate of drug-likeness (QED) is 0.211. The number of carboxylic acids is 1. The number of benzene rings is 1. The maximum Gasteiger partial charge on any atom is 0.305 e. The van der Waals surface area contributed by atoms with Crippen molar-refractivity contribution in [1.29, 1.82) is 0 Å². The molecule has 0 saturated heterocycles. The molecule has 1 aromatic carbocycles. The third-order valence-corrected chi connectivity index (χ3v) is 4.99. The van der Waals surface area contributed by atoms with Gasteiger partial charge in [-0.05, 0) is 38.2 Å². The first-order valence-corrected chi connectivity index (χ1v) is 12.0. The van der Waals surface area contributed by atoms with Crippen molar-refractivity contribution in [2.75, 3.05) is 6.61 Å². The fraction of sp³-hybridized carbons (Fsp3) is 0.692. The predicted octanol–water partition coefficient (Wildman–Crippen LogP) is 7.34. The number of carbonyl (C=O) groups excluding carboxylic acids is 1. The normalized spacial score (nSPS) is 10.2. The second-order valence-corrected chi connectivity index (χ2v) is 7.82. The van der Waals surface area contributed by atoms with Gasteiger partial charge in [0, 0.05) is 12.8 Å². The average Bonchev–Trinajstić information content (AvgIpc) is 2.74. The van der Waals surface area contributed by atoms with Crippen molar-refractivity contribution in [3.63, 3.8) is 0 Å². The minimum Gasteiger partial charge on any atom is -0.481 e. The van der Waals surface area contributed by atoms with Gasteiger partial charge in [0.15, 0.2) is 0 Å². The van der Waals surface area contributed by atoms with Crippen LogP contribution in [0.15, 0.2) is 30.3 Å². The highest BCUT2D eigenvalue weighted by Gasteiger charge is 2.02. The Bertz CT molecular complexity index is 513. The Balaban J connectivity index is 0.000000612. The summed E-state index contributed by atoms with van der Waals surface area (Å²) in [5.74, 6) is -1.07. The number of carbonyl (C=O) groups is 2. The van der Waals surface area contributed by atoms with Crippen LogP contribution < -0.4 is 0 Å². The van der Waals surface area contributed by atoms with Crippen LogP contribution in [0.2, 0.25) is 0 Å². The van der Waals surface area contributed by atoms with Crippen LogP contribution in [-0.4, -0.2) is 23.7 Å². The molecule has 1 N–H and O–H groups in total. The zero-order chi connectivity index (χ0) is 22.3. The summed E-state index contributed by atoms with van der Waals surface area (Å²) in [6.45, 7) is 4.42. The van der Waals surface area contributed by atoms with E-state index >= 15 is 0 Å². The van der Waals surface area contributed by atoms with Gasteiger partial charge in [0.1, 0.15) is 0 Å². The Morgan fingerprint density at radius 2 is 1.27 bits per heavy atom. The van der Waals surface area contributed by atoms with Crippen LogP contribution in [0.1, 0.15) is 109 Å². The Labute approximate surface area is 184 Å². The third kappa shape index (κ3) is 20.9. The number of hydrogen-bond donors (Lipinski definition) is 1. The molecule has 4 nitrogen and oxygen atoms in total. The Morgan fingerprint density at radius 3 is 1.80 bits per heavy atom. The van der Waals surface area contributed by atoms with E-state index in [0.717, 1.165) is 0 Å². The molecule has 0 saturated carbocycles. The van der Waals surface area contributed by atoms with E-state index in [-0.39, 0.29) is 12.4 Å². The molecule has 0 unspecified atom stereocenters. The molecular formula is C26H44O4. The van der Waals surface area contributed by atoms with Crippen molar-refractivity contribution >= 4 is 11.9 Å². The zero-order valence-electron chi connectivity index (χ0n) is 19.4. The Kier molecular flexibility index (Phi) is 20.5. The first kappa shape index (κ1) is 28.2. The molecule has 0 amide bonds. The van der Waals surface area contributed by atoms with Crippen LogP contribution in [-0.2, 0) is 20.7 Å². The van der Waals surface area contributed by atoms with E-state index in [4.69, 9.17) is 5.11 Å². The van der Waals surface area contributed by atoms with E-state index < -0.39 is 5.97 Å². The average molecular weight is 421 g/mol. The molecule has 30 heavy (non-hydrogen) atoms. The molecule has 0 atom stereocenters. The lowest BCUT2D eigenvalue weighted by molar-refractivity contribution is -0.143. The number of aryl methyl sites for hydroxylation is 1. The smallest absolute Gasteiger partial charge is 0.305 e. The molecule has 1 aromatic rings. The standard InChI is InChI=1S/C18H30.C8H14O4/c1-2-3-4-5-6-7-8-9-10-12-15-18-16-13-11-14-17-18;1-2-12-8(11)6-4-3-5-7(9)10/h11,13-14,16-17H,2-10,12,15H2,1H3;2-6H2,1H3,(H,9,10). The summed E-state index contributed by atoms with van der Waals surface area (Å²) in [7, 11) is 0. The topological polar surface area (TPSA) is 63.6 Å². The lowest BCUT2D eigenvalue weighted by Gasteiger charge is -2.03. The molecule has 1 rings (SSSR count). The highest BCUT2D eigenvalue weighted by molar-refractivity contribution is 5.69. The minimum atomic E-state index is -0.821. The number of aliphatic carboxylic acids is 1. The summed E-state index contributed by atoms with van der Waals surface area (Å²) in [5, 5.41) is 8.27. The lowest BCUT2D eigenvalue weighted by atomic mass is 10.0. The molecule has 0 heterocycles. The van der Waals surface area contributed by atoms with Gasteiger partial charge in [0.2, 0.25) is 0 Å². The Hall–Kier alpha value is -1.84. The highest BCUT2D eigenvalue weighted by atomic mass is 16.5. The number of rotatable bonds is 17. The Morgan fingerprint density at radius 1 is 0.733 bits per heavy atom. The zero-order valence-corrected chi connectivity index (χ0v) is 19.4. The maximum absolute atomic E-state index is 10.7. The van der Waals surface area contributed by atoms with Crippen LogP contribution in [0, 0.1) is 0 Å². The SMILES string of the molecule is CCCCCCCCCCCCc1ccccc1.CCOC(=O)CCCCC(=O)O. The van der Waals surface area contributed by atoms with Gasteiger partial charge in [-0.15, -0.1) is 0 Å². The van der Waals surface area contributed by atoms with Crippen molar-refractivity contribution in [2.45, 2.75) is 110 Å². The summed E-state index contributed by atoms with van der Waals surface area (Å²) >= 11 is 0. The second-order valence-electron chi connectivity index (χ2n) is 7.82. The molecule has 4 heteroatoms. The number of carboxylic acid groups (broad SMARTS) is 1. The van der Waals surface area contributed by atoms with Crippen LogP contribution in [0.3, 0.4) is 0 Å². The van der Waals surface area contributed by atoms with Crippen LogP contribution in [0.4, 0.5) is 0 Å². The molecule has 0 aliphatic carbocycles. The molecule has 0 aliphatic rings. The van der Waals surface area contributed by atoms with Crippen molar-refractivity contribution in [3.05, 3.63) is 35.9 Å². The van der Waals surface area contributed by atoms with Crippen molar-refractivity contribution in [2.24, 2.45) is 0 Å². The molecule has 0 aliphatic heterocycles. The molecule has 0 fully saturated rings. The maximum atomic E-state index is 10.7. The van der Waals surface area contributed by atoms with Gasteiger partial charge in [-0.25, -0.2) is 0 Å². The molecule has 0 bridgehead atoms. The number of esters is 1. The van der Waals surface area contributed by atoms with Gasteiger partial charge < -0.3 is 9.84 Å². The molecule has 0 aromatic heterocycles. The van der Waals surface area contributed by atoms with Crippen molar-refractivity contribution < 1.29 is 19.4 Å². The predicted molar refractivity (Wildman–Crippen MR) is 125 cm³/mol. The lowest BCUT2D eigenvalue weighted by Crippen LogP contribution is -2.03. The van der Waals surface area contributed by atoms with Gasteiger partial charge in [-0.3, -0.25) is 9.59 Å². The largest absolute Gasteiger partial charge is 0.481 e. The van der Waals surface area contributed by atoms with Crippen molar-refractivity contribution in [3.8, 4) is 0 Å². The van der Waals surface area contributed by atoms with E-state index in [2.05, 4.69) is 42.0 Å². The van der Waals surface area contributed by atoms with Gasteiger partial charge in [-0.2, -0.15) is 0 Å². The fourth-order valence-corrected chi connectivity index (χ4v) is 3.24. The molecule has 0 spiro atoms. The highest BCUT2D eigenvalue weighted by Crippen LogP contribution is 2.12. The van der Waals surface area contributed by atoms with E-state index in [1.807, 2.05) is 0 Å². The number of ether oxygens (including phenoxy) is 1. The number of hydrogen-bond acceptors (Lipinski definition) is 3.